The van der Waals surface area contributed by atoms with Crippen LogP contribution in [0.5, 0.6) is 5.75 Å². The molecule has 1 heterocycles. The number of hydrogen-bond acceptors (Lipinski definition) is 3. The minimum Gasteiger partial charge on any atom is -0.496 e. The minimum absolute atomic E-state index is 0.286. The molecule has 0 spiro atoms. The number of nitrogens with zero attached hydrogens (tertiary/aromatic N) is 1. The van der Waals surface area contributed by atoms with Gasteiger partial charge in [-0.2, -0.15) is 0 Å². The van der Waals surface area contributed by atoms with E-state index < -0.39 is 0 Å². The van der Waals surface area contributed by atoms with Crippen molar-refractivity contribution >= 4 is 39.1 Å². The van der Waals surface area contributed by atoms with Crippen LogP contribution in [0.4, 0.5) is 11.4 Å². The summed E-state index contributed by atoms with van der Waals surface area (Å²) in [6.45, 7) is 5.72. The topological polar surface area (TPSA) is 12.5 Å². The second-order valence-corrected chi connectivity index (χ2v) is 8.60. The van der Waals surface area contributed by atoms with Gasteiger partial charge in [-0.25, -0.2) is 0 Å². The second kappa shape index (κ2) is 7.40. The Bertz CT molecular complexity index is 706. The molecule has 2 aromatic carbocycles. The Hall–Kier alpha value is -1.13. The molecule has 1 atom stereocenters. The number of hydrogen-bond donors (Lipinski definition) is 0. The molecule has 0 aromatic heterocycles. The van der Waals surface area contributed by atoms with E-state index in [1.54, 1.807) is 7.11 Å². The molecule has 0 radical (unpaired) electrons. The van der Waals surface area contributed by atoms with E-state index in [0.717, 1.165) is 22.5 Å². The SMILES string of the molecule is CCCC1(C)CSc2cc(OC)c(Br)cc2N(c2ccccc2)C1. The molecule has 0 N–H and O–H groups in total. The Balaban J connectivity index is 2.11. The summed E-state index contributed by atoms with van der Waals surface area (Å²) in [6.07, 6.45) is 2.44. The third-order valence-electron chi connectivity index (χ3n) is 4.56. The summed E-state index contributed by atoms with van der Waals surface area (Å²) in [5.74, 6) is 2.02. The van der Waals surface area contributed by atoms with Crippen molar-refractivity contribution in [1.82, 2.24) is 0 Å². The van der Waals surface area contributed by atoms with Crippen LogP contribution in [-0.2, 0) is 0 Å². The smallest absolute Gasteiger partial charge is 0.134 e. The standard InChI is InChI=1S/C20H24BrNOS/c1-4-10-20(2)13-22(15-8-6-5-7-9-15)17-11-16(21)18(23-3)12-19(17)24-14-20/h5-9,11-12H,4,10,13-14H2,1-3H3. The van der Waals surface area contributed by atoms with E-state index in [4.69, 9.17) is 4.74 Å². The highest BCUT2D eigenvalue weighted by molar-refractivity contribution is 9.10. The van der Waals surface area contributed by atoms with Crippen molar-refractivity contribution in [1.29, 1.82) is 0 Å². The number of thioether (sulfide) groups is 1. The number of benzene rings is 2. The fourth-order valence-electron chi connectivity index (χ4n) is 3.36. The van der Waals surface area contributed by atoms with Gasteiger partial charge >= 0.3 is 0 Å². The molecule has 2 nitrogen and oxygen atoms in total. The molecule has 2 aromatic rings. The van der Waals surface area contributed by atoms with Gasteiger partial charge < -0.3 is 9.64 Å². The largest absolute Gasteiger partial charge is 0.496 e. The average Bonchev–Trinajstić information content (AvgIpc) is 2.72. The number of fused-ring (bicyclic) bond motifs is 1. The monoisotopic (exact) mass is 405 g/mol. The molecule has 1 unspecified atom stereocenters. The summed E-state index contributed by atoms with van der Waals surface area (Å²) >= 11 is 5.61. The molecule has 1 aliphatic rings. The molecule has 0 aliphatic carbocycles. The van der Waals surface area contributed by atoms with Crippen LogP contribution in [0.25, 0.3) is 0 Å². The van der Waals surface area contributed by atoms with Gasteiger partial charge in [0.05, 0.1) is 17.3 Å². The average molecular weight is 406 g/mol. The molecule has 0 saturated heterocycles. The fraction of sp³-hybridized carbons (Fsp3) is 0.400. The fourth-order valence-corrected chi connectivity index (χ4v) is 5.10. The van der Waals surface area contributed by atoms with Gasteiger partial charge in [0.2, 0.25) is 0 Å². The van der Waals surface area contributed by atoms with Crippen molar-refractivity contribution in [3.05, 3.63) is 46.9 Å². The maximum atomic E-state index is 5.51. The number of ether oxygens (including phenoxy) is 1. The third-order valence-corrected chi connectivity index (χ3v) is 6.66. The molecule has 0 saturated carbocycles. The summed E-state index contributed by atoms with van der Waals surface area (Å²) in [5.41, 5.74) is 2.80. The lowest BCUT2D eigenvalue weighted by atomic mass is 9.87. The zero-order valence-corrected chi connectivity index (χ0v) is 16.9. The summed E-state index contributed by atoms with van der Waals surface area (Å²) < 4.78 is 6.52. The van der Waals surface area contributed by atoms with Gasteiger partial charge in [-0.1, -0.05) is 38.5 Å². The van der Waals surface area contributed by atoms with Crippen LogP contribution >= 0.6 is 27.7 Å². The van der Waals surface area contributed by atoms with E-state index in [9.17, 15) is 0 Å². The first-order chi connectivity index (χ1) is 11.6. The number of para-hydroxylation sites is 1. The maximum Gasteiger partial charge on any atom is 0.134 e. The second-order valence-electron chi connectivity index (χ2n) is 6.73. The number of halogens is 1. The quantitative estimate of drug-likeness (QED) is 0.575. The molecular weight excluding hydrogens is 382 g/mol. The highest BCUT2D eigenvalue weighted by Gasteiger charge is 2.32. The zero-order valence-electron chi connectivity index (χ0n) is 14.5. The minimum atomic E-state index is 0.286. The van der Waals surface area contributed by atoms with Gasteiger partial charge in [-0.3, -0.25) is 0 Å². The van der Waals surface area contributed by atoms with Crippen LogP contribution in [0.2, 0.25) is 0 Å². The lowest BCUT2D eigenvalue weighted by molar-refractivity contribution is 0.352. The van der Waals surface area contributed by atoms with Crippen LogP contribution in [0.15, 0.2) is 51.8 Å². The predicted molar refractivity (Wildman–Crippen MR) is 108 cm³/mol. The maximum absolute atomic E-state index is 5.51. The Morgan fingerprint density at radius 2 is 2.00 bits per heavy atom. The lowest BCUT2D eigenvalue weighted by Crippen LogP contribution is -2.33. The van der Waals surface area contributed by atoms with E-state index in [1.807, 2.05) is 11.8 Å². The van der Waals surface area contributed by atoms with Crippen molar-refractivity contribution in [2.45, 2.75) is 31.6 Å². The van der Waals surface area contributed by atoms with Crippen LogP contribution in [0.1, 0.15) is 26.7 Å². The molecule has 0 bridgehead atoms. The zero-order chi connectivity index (χ0) is 17.2. The van der Waals surface area contributed by atoms with Gasteiger partial charge in [0, 0.05) is 22.9 Å². The third kappa shape index (κ3) is 3.60. The van der Waals surface area contributed by atoms with Crippen molar-refractivity contribution in [3.8, 4) is 5.75 Å². The molecule has 0 amide bonds. The molecule has 3 rings (SSSR count). The van der Waals surface area contributed by atoms with Crippen molar-refractivity contribution in [3.63, 3.8) is 0 Å². The molecular formula is C20H24BrNOS. The van der Waals surface area contributed by atoms with Gasteiger partial charge in [-0.15, -0.1) is 11.8 Å². The predicted octanol–water partition coefficient (Wildman–Crippen LogP) is 6.51. The van der Waals surface area contributed by atoms with E-state index >= 15 is 0 Å². The molecule has 4 heteroatoms. The first kappa shape index (κ1) is 17.7. The Kier molecular flexibility index (Phi) is 5.46. The Morgan fingerprint density at radius 1 is 1.25 bits per heavy atom. The molecule has 24 heavy (non-hydrogen) atoms. The van der Waals surface area contributed by atoms with Crippen LogP contribution in [0.3, 0.4) is 0 Å². The number of anilines is 2. The normalized spacial score (nSPS) is 20.4. The van der Waals surface area contributed by atoms with E-state index in [1.165, 1.54) is 29.1 Å². The number of methoxy groups -OCH3 is 1. The highest BCUT2D eigenvalue weighted by Crippen LogP contribution is 2.47. The van der Waals surface area contributed by atoms with E-state index in [2.05, 4.69) is 77.1 Å². The van der Waals surface area contributed by atoms with Crippen molar-refractivity contribution in [2.24, 2.45) is 5.41 Å². The van der Waals surface area contributed by atoms with E-state index in [0.29, 0.717) is 0 Å². The van der Waals surface area contributed by atoms with Gasteiger partial charge in [0.25, 0.3) is 0 Å². The molecule has 128 valence electrons. The molecule has 0 fully saturated rings. The molecule has 1 aliphatic heterocycles. The van der Waals surface area contributed by atoms with Crippen molar-refractivity contribution < 1.29 is 4.74 Å². The van der Waals surface area contributed by atoms with Crippen LogP contribution < -0.4 is 9.64 Å². The Labute approximate surface area is 157 Å². The summed E-state index contributed by atoms with van der Waals surface area (Å²) in [6, 6.07) is 15.1. The summed E-state index contributed by atoms with van der Waals surface area (Å²) in [5, 5.41) is 0. The van der Waals surface area contributed by atoms with Crippen molar-refractivity contribution in [2.75, 3.05) is 24.3 Å². The number of rotatable bonds is 4. The van der Waals surface area contributed by atoms with Crippen LogP contribution in [-0.4, -0.2) is 19.4 Å². The first-order valence-electron chi connectivity index (χ1n) is 8.39. The van der Waals surface area contributed by atoms with Crippen LogP contribution in [0, 0.1) is 5.41 Å². The Morgan fingerprint density at radius 3 is 2.67 bits per heavy atom. The first-order valence-corrected chi connectivity index (χ1v) is 10.2. The van der Waals surface area contributed by atoms with E-state index in [-0.39, 0.29) is 5.41 Å². The van der Waals surface area contributed by atoms with Gasteiger partial charge in [0.1, 0.15) is 5.75 Å². The highest BCUT2D eigenvalue weighted by atomic mass is 79.9. The lowest BCUT2D eigenvalue weighted by Gasteiger charge is -2.34. The summed E-state index contributed by atoms with van der Waals surface area (Å²) in [4.78, 5) is 3.76. The van der Waals surface area contributed by atoms with Gasteiger partial charge in [0.15, 0.2) is 0 Å². The van der Waals surface area contributed by atoms with Gasteiger partial charge in [-0.05, 0) is 52.0 Å². The summed E-state index contributed by atoms with van der Waals surface area (Å²) in [7, 11) is 1.73.